The third-order valence-corrected chi connectivity index (χ3v) is 4.30. The highest BCUT2D eigenvalue weighted by atomic mass is 15.1. The summed E-state index contributed by atoms with van der Waals surface area (Å²) in [6.45, 7) is 7.09. The Labute approximate surface area is 154 Å². The Kier molecular flexibility index (Phi) is 5.37. The summed E-state index contributed by atoms with van der Waals surface area (Å²) in [5.41, 5.74) is 11.4. The molecule has 0 unspecified atom stereocenters. The highest BCUT2D eigenvalue weighted by molar-refractivity contribution is 5.77. The second kappa shape index (κ2) is 7.87. The minimum atomic E-state index is 0.505. The Morgan fingerprint density at radius 3 is 2.23 bits per heavy atom. The zero-order valence-corrected chi connectivity index (χ0v) is 15.5. The molecule has 0 amide bonds. The first-order valence-corrected chi connectivity index (χ1v) is 8.80. The Hall–Kier alpha value is -3.08. The first-order valence-electron chi connectivity index (χ1n) is 8.80. The smallest absolute Gasteiger partial charge is 0.159 e. The van der Waals surface area contributed by atoms with Gasteiger partial charge in [-0.15, -0.1) is 0 Å². The van der Waals surface area contributed by atoms with Crippen molar-refractivity contribution in [3.8, 4) is 0 Å². The molecule has 0 fully saturated rings. The Morgan fingerprint density at radius 1 is 0.923 bits per heavy atom. The summed E-state index contributed by atoms with van der Waals surface area (Å²) in [5, 5.41) is 6.55. The van der Waals surface area contributed by atoms with E-state index in [0.717, 1.165) is 5.69 Å². The van der Waals surface area contributed by atoms with E-state index in [9.17, 15) is 0 Å². The van der Waals surface area contributed by atoms with Gasteiger partial charge in [-0.1, -0.05) is 55.8 Å². The van der Waals surface area contributed by atoms with Gasteiger partial charge in [0.2, 0.25) is 0 Å². The van der Waals surface area contributed by atoms with Crippen molar-refractivity contribution in [3.05, 3.63) is 71.5 Å². The molecular formula is C21H25N5. The van der Waals surface area contributed by atoms with Crippen LogP contribution in [-0.2, 0) is 6.54 Å². The summed E-state index contributed by atoms with van der Waals surface area (Å²) >= 11 is 0. The molecule has 0 aliphatic carbocycles. The van der Waals surface area contributed by atoms with Crippen LogP contribution in [0.3, 0.4) is 0 Å². The number of aryl methyl sites for hydroxylation is 1. The molecule has 5 nitrogen and oxygen atoms in total. The highest BCUT2D eigenvalue weighted by Gasteiger charge is 2.09. The summed E-state index contributed by atoms with van der Waals surface area (Å²) in [5.74, 6) is 1.73. The topological polar surface area (TPSA) is 75.9 Å². The van der Waals surface area contributed by atoms with Gasteiger partial charge >= 0.3 is 0 Å². The molecule has 0 spiro atoms. The molecular weight excluding hydrogens is 322 g/mol. The molecule has 0 bridgehead atoms. The fourth-order valence-electron chi connectivity index (χ4n) is 2.62. The van der Waals surface area contributed by atoms with Gasteiger partial charge < -0.3 is 16.4 Å². The third-order valence-electron chi connectivity index (χ3n) is 4.30. The molecule has 1 heterocycles. The summed E-state index contributed by atoms with van der Waals surface area (Å²) in [6, 6.07) is 16.7. The quantitative estimate of drug-likeness (QED) is 0.594. The van der Waals surface area contributed by atoms with Crippen LogP contribution in [0.4, 0.5) is 23.0 Å². The Balaban J connectivity index is 1.71. The maximum Gasteiger partial charge on any atom is 0.159 e. The minimum absolute atomic E-state index is 0.505. The van der Waals surface area contributed by atoms with E-state index in [4.69, 9.17) is 5.73 Å². The van der Waals surface area contributed by atoms with Crippen LogP contribution in [0.25, 0.3) is 0 Å². The largest absolute Gasteiger partial charge is 0.393 e. The SMILES string of the molecule is Cc1ccc(CNc2ncnc(Nc3ccc(C(C)C)cc3)c2N)cc1. The molecule has 3 rings (SSSR count). The maximum absolute atomic E-state index is 6.25. The molecule has 0 radical (unpaired) electrons. The van der Waals surface area contributed by atoms with Crippen LogP contribution in [0, 0.1) is 6.92 Å². The van der Waals surface area contributed by atoms with Gasteiger partial charge in [0.25, 0.3) is 0 Å². The Bertz CT molecular complexity index is 855. The Morgan fingerprint density at radius 2 is 1.58 bits per heavy atom. The second-order valence-electron chi connectivity index (χ2n) is 6.73. The van der Waals surface area contributed by atoms with Crippen molar-refractivity contribution in [2.45, 2.75) is 33.2 Å². The number of benzene rings is 2. The van der Waals surface area contributed by atoms with Gasteiger partial charge in [-0.3, -0.25) is 0 Å². The number of anilines is 4. The number of nitrogens with two attached hydrogens (primary N) is 1. The van der Waals surface area contributed by atoms with E-state index in [2.05, 4.69) is 77.8 Å². The monoisotopic (exact) mass is 347 g/mol. The van der Waals surface area contributed by atoms with Crippen molar-refractivity contribution >= 4 is 23.0 Å². The lowest BCUT2D eigenvalue weighted by molar-refractivity contribution is 0.867. The first-order chi connectivity index (χ1) is 12.5. The zero-order valence-electron chi connectivity index (χ0n) is 15.5. The van der Waals surface area contributed by atoms with Crippen molar-refractivity contribution < 1.29 is 0 Å². The summed E-state index contributed by atoms with van der Waals surface area (Å²) in [7, 11) is 0. The van der Waals surface area contributed by atoms with Crippen LogP contribution >= 0.6 is 0 Å². The van der Waals surface area contributed by atoms with Crippen LogP contribution < -0.4 is 16.4 Å². The molecule has 5 heteroatoms. The number of hydrogen-bond donors (Lipinski definition) is 3. The van der Waals surface area contributed by atoms with Gasteiger partial charge in [0.05, 0.1) is 0 Å². The van der Waals surface area contributed by atoms with E-state index < -0.39 is 0 Å². The van der Waals surface area contributed by atoms with E-state index in [1.807, 2.05) is 12.1 Å². The summed E-state index contributed by atoms with van der Waals surface area (Å²) in [4.78, 5) is 8.53. The third kappa shape index (κ3) is 4.30. The average Bonchev–Trinajstić information content (AvgIpc) is 2.64. The van der Waals surface area contributed by atoms with E-state index in [0.29, 0.717) is 29.8 Å². The molecule has 134 valence electrons. The van der Waals surface area contributed by atoms with Gasteiger partial charge in [0.15, 0.2) is 11.6 Å². The van der Waals surface area contributed by atoms with Crippen molar-refractivity contribution in [1.82, 2.24) is 9.97 Å². The summed E-state index contributed by atoms with van der Waals surface area (Å²) < 4.78 is 0. The van der Waals surface area contributed by atoms with Crippen LogP contribution in [0.15, 0.2) is 54.9 Å². The van der Waals surface area contributed by atoms with Crippen LogP contribution in [0.2, 0.25) is 0 Å². The number of aromatic nitrogens is 2. The van der Waals surface area contributed by atoms with Crippen LogP contribution in [0.5, 0.6) is 0 Å². The van der Waals surface area contributed by atoms with Gasteiger partial charge in [-0.2, -0.15) is 0 Å². The lowest BCUT2D eigenvalue weighted by Crippen LogP contribution is -2.08. The molecule has 3 aromatic rings. The molecule has 0 saturated heterocycles. The van der Waals surface area contributed by atoms with E-state index in [1.165, 1.54) is 23.0 Å². The minimum Gasteiger partial charge on any atom is -0.393 e. The zero-order chi connectivity index (χ0) is 18.5. The fraction of sp³-hybridized carbons (Fsp3) is 0.238. The standard InChI is InChI=1S/C21H25N5/c1-14(2)17-8-10-18(11-9-17)26-21-19(22)20(24-13-25-21)23-12-16-6-4-15(3)5-7-16/h4-11,13-14H,12,22H2,1-3H3,(H2,23,24,25,26). The highest BCUT2D eigenvalue weighted by Crippen LogP contribution is 2.27. The number of hydrogen-bond acceptors (Lipinski definition) is 5. The lowest BCUT2D eigenvalue weighted by Gasteiger charge is -2.13. The van der Waals surface area contributed by atoms with Crippen molar-refractivity contribution in [2.24, 2.45) is 0 Å². The van der Waals surface area contributed by atoms with E-state index >= 15 is 0 Å². The molecule has 0 aliphatic heterocycles. The van der Waals surface area contributed by atoms with Crippen molar-refractivity contribution in [1.29, 1.82) is 0 Å². The fourth-order valence-corrected chi connectivity index (χ4v) is 2.62. The van der Waals surface area contributed by atoms with Gasteiger partial charge in [0.1, 0.15) is 12.0 Å². The van der Waals surface area contributed by atoms with Crippen LogP contribution in [-0.4, -0.2) is 9.97 Å². The molecule has 4 N–H and O–H groups in total. The summed E-state index contributed by atoms with van der Waals surface area (Å²) in [6.07, 6.45) is 1.51. The molecule has 1 aromatic heterocycles. The number of nitrogens with zero attached hydrogens (tertiary/aromatic N) is 2. The van der Waals surface area contributed by atoms with E-state index in [-0.39, 0.29) is 0 Å². The number of nitrogen functional groups attached to an aromatic ring is 1. The molecule has 2 aromatic carbocycles. The molecule has 26 heavy (non-hydrogen) atoms. The predicted molar refractivity (Wildman–Crippen MR) is 109 cm³/mol. The van der Waals surface area contributed by atoms with Gasteiger partial charge in [-0.05, 0) is 36.1 Å². The maximum atomic E-state index is 6.25. The van der Waals surface area contributed by atoms with Crippen molar-refractivity contribution in [2.75, 3.05) is 16.4 Å². The number of nitrogens with one attached hydrogen (secondary N) is 2. The molecule has 0 atom stereocenters. The van der Waals surface area contributed by atoms with E-state index in [1.54, 1.807) is 0 Å². The second-order valence-corrected chi connectivity index (χ2v) is 6.73. The lowest BCUT2D eigenvalue weighted by atomic mass is 10.0. The first kappa shape index (κ1) is 17.7. The van der Waals surface area contributed by atoms with Gasteiger partial charge in [0, 0.05) is 12.2 Å². The molecule has 0 saturated carbocycles. The van der Waals surface area contributed by atoms with Crippen molar-refractivity contribution in [3.63, 3.8) is 0 Å². The predicted octanol–water partition coefficient (Wildman–Crippen LogP) is 4.85. The van der Waals surface area contributed by atoms with Gasteiger partial charge in [-0.25, -0.2) is 9.97 Å². The average molecular weight is 347 g/mol. The molecule has 0 aliphatic rings. The van der Waals surface area contributed by atoms with Crippen LogP contribution in [0.1, 0.15) is 36.5 Å². The number of rotatable bonds is 6. The normalized spacial score (nSPS) is 10.8.